The molecule has 0 bridgehead atoms. The number of aromatic nitrogens is 1. The van der Waals surface area contributed by atoms with Gasteiger partial charge in [0.15, 0.2) is 0 Å². The number of carbonyl (C=O) groups excluding carboxylic acids is 1. The SMILES string of the molecule is CCc1cccnc1C(=O)c1ccc(OC)cc1C. The van der Waals surface area contributed by atoms with E-state index in [0.717, 1.165) is 23.3 Å². The summed E-state index contributed by atoms with van der Waals surface area (Å²) in [4.78, 5) is 16.8. The Balaban J connectivity index is 2.44. The Bertz CT molecular complexity index is 605. The number of benzene rings is 1. The summed E-state index contributed by atoms with van der Waals surface area (Å²) >= 11 is 0. The van der Waals surface area contributed by atoms with Crippen LogP contribution in [0.15, 0.2) is 36.5 Å². The van der Waals surface area contributed by atoms with Crippen LogP contribution in [0.2, 0.25) is 0 Å². The number of hydrogen-bond acceptors (Lipinski definition) is 3. The Labute approximate surface area is 113 Å². The quantitative estimate of drug-likeness (QED) is 0.788. The molecule has 2 rings (SSSR count). The average molecular weight is 255 g/mol. The number of rotatable bonds is 4. The molecule has 0 saturated heterocycles. The van der Waals surface area contributed by atoms with Gasteiger partial charge in [0.2, 0.25) is 5.78 Å². The van der Waals surface area contributed by atoms with Crippen molar-refractivity contribution in [3.8, 4) is 5.75 Å². The Morgan fingerprint density at radius 1 is 1.32 bits per heavy atom. The molecule has 0 atom stereocenters. The lowest BCUT2D eigenvalue weighted by molar-refractivity contribution is 0.103. The van der Waals surface area contributed by atoms with Crippen LogP contribution in [0.1, 0.15) is 34.1 Å². The molecule has 0 aliphatic carbocycles. The van der Waals surface area contributed by atoms with Gasteiger partial charge in [0.25, 0.3) is 0 Å². The number of aryl methyl sites for hydroxylation is 2. The van der Waals surface area contributed by atoms with Crippen molar-refractivity contribution < 1.29 is 9.53 Å². The maximum absolute atomic E-state index is 12.5. The number of carbonyl (C=O) groups is 1. The van der Waals surface area contributed by atoms with E-state index in [1.807, 2.05) is 32.0 Å². The number of pyridine rings is 1. The van der Waals surface area contributed by atoms with E-state index in [9.17, 15) is 4.79 Å². The van der Waals surface area contributed by atoms with Crippen molar-refractivity contribution in [2.75, 3.05) is 7.11 Å². The first kappa shape index (κ1) is 13.3. The lowest BCUT2D eigenvalue weighted by Gasteiger charge is -2.09. The van der Waals surface area contributed by atoms with Gasteiger partial charge in [0, 0.05) is 11.8 Å². The van der Waals surface area contributed by atoms with Gasteiger partial charge in [-0.2, -0.15) is 0 Å². The van der Waals surface area contributed by atoms with Gasteiger partial charge < -0.3 is 4.74 Å². The molecule has 0 fully saturated rings. The maximum atomic E-state index is 12.5. The molecule has 2 aromatic rings. The normalized spacial score (nSPS) is 10.3. The summed E-state index contributed by atoms with van der Waals surface area (Å²) < 4.78 is 5.15. The van der Waals surface area contributed by atoms with E-state index in [0.29, 0.717) is 11.3 Å². The fraction of sp³-hybridized carbons (Fsp3) is 0.250. The van der Waals surface area contributed by atoms with Gasteiger partial charge in [-0.05, 0) is 48.7 Å². The van der Waals surface area contributed by atoms with E-state index in [1.54, 1.807) is 25.4 Å². The molecule has 0 amide bonds. The third-order valence-electron chi connectivity index (χ3n) is 3.17. The number of ether oxygens (including phenoxy) is 1. The van der Waals surface area contributed by atoms with Crippen molar-refractivity contribution in [2.24, 2.45) is 0 Å². The fourth-order valence-corrected chi connectivity index (χ4v) is 2.07. The molecule has 0 spiro atoms. The summed E-state index contributed by atoms with van der Waals surface area (Å²) in [5, 5.41) is 0. The molecule has 0 N–H and O–H groups in total. The second-order valence-corrected chi connectivity index (χ2v) is 4.37. The summed E-state index contributed by atoms with van der Waals surface area (Å²) in [5.41, 5.74) is 3.09. The Hall–Kier alpha value is -2.16. The Kier molecular flexibility index (Phi) is 3.95. The monoisotopic (exact) mass is 255 g/mol. The van der Waals surface area contributed by atoms with Gasteiger partial charge in [-0.3, -0.25) is 9.78 Å². The summed E-state index contributed by atoms with van der Waals surface area (Å²) in [6, 6.07) is 9.26. The third kappa shape index (κ3) is 2.65. The van der Waals surface area contributed by atoms with Crippen molar-refractivity contribution in [1.82, 2.24) is 4.98 Å². The minimum absolute atomic E-state index is 0.0300. The highest BCUT2D eigenvalue weighted by molar-refractivity contribution is 6.09. The van der Waals surface area contributed by atoms with Crippen LogP contribution in [0.4, 0.5) is 0 Å². The van der Waals surface area contributed by atoms with Crippen LogP contribution in [0, 0.1) is 6.92 Å². The van der Waals surface area contributed by atoms with Gasteiger partial charge in [-0.1, -0.05) is 13.0 Å². The average Bonchev–Trinajstić information content (AvgIpc) is 2.46. The third-order valence-corrected chi connectivity index (χ3v) is 3.17. The summed E-state index contributed by atoms with van der Waals surface area (Å²) in [6.07, 6.45) is 2.45. The standard InChI is InChI=1S/C16H17NO2/c1-4-12-6-5-9-17-15(12)16(18)14-8-7-13(19-3)10-11(14)2/h5-10H,4H2,1-3H3. The van der Waals surface area contributed by atoms with Gasteiger partial charge in [0.1, 0.15) is 11.4 Å². The molecule has 3 nitrogen and oxygen atoms in total. The molecule has 0 unspecified atom stereocenters. The van der Waals surface area contributed by atoms with Crippen LogP contribution < -0.4 is 4.74 Å². The van der Waals surface area contributed by atoms with Crippen LogP contribution in [0.25, 0.3) is 0 Å². The first-order valence-electron chi connectivity index (χ1n) is 6.30. The molecule has 3 heteroatoms. The summed E-state index contributed by atoms with van der Waals surface area (Å²) in [7, 11) is 1.62. The molecular formula is C16H17NO2. The molecule has 1 aromatic carbocycles. The van der Waals surface area contributed by atoms with Crippen molar-refractivity contribution >= 4 is 5.78 Å². The molecule has 1 aromatic heterocycles. The summed E-state index contributed by atoms with van der Waals surface area (Å²) in [5.74, 6) is 0.725. The largest absolute Gasteiger partial charge is 0.497 e. The first-order chi connectivity index (χ1) is 9.17. The lowest BCUT2D eigenvalue weighted by atomic mass is 9.98. The van der Waals surface area contributed by atoms with Crippen LogP contribution in [0.5, 0.6) is 5.75 Å². The topological polar surface area (TPSA) is 39.2 Å². The molecular weight excluding hydrogens is 238 g/mol. The fourth-order valence-electron chi connectivity index (χ4n) is 2.07. The van der Waals surface area contributed by atoms with Crippen LogP contribution in [-0.4, -0.2) is 17.9 Å². The molecule has 19 heavy (non-hydrogen) atoms. The minimum atomic E-state index is -0.0300. The Morgan fingerprint density at radius 2 is 2.11 bits per heavy atom. The van der Waals surface area contributed by atoms with Gasteiger partial charge >= 0.3 is 0 Å². The van der Waals surface area contributed by atoms with Gasteiger partial charge in [-0.25, -0.2) is 0 Å². The van der Waals surface area contributed by atoms with Crippen molar-refractivity contribution in [1.29, 1.82) is 0 Å². The smallest absolute Gasteiger partial charge is 0.211 e. The highest BCUT2D eigenvalue weighted by Crippen LogP contribution is 2.20. The van der Waals surface area contributed by atoms with Crippen LogP contribution >= 0.6 is 0 Å². The van der Waals surface area contributed by atoms with E-state index in [-0.39, 0.29) is 5.78 Å². The number of hydrogen-bond donors (Lipinski definition) is 0. The number of nitrogens with zero attached hydrogens (tertiary/aromatic N) is 1. The molecule has 0 aliphatic rings. The highest BCUT2D eigenvalue weighted by atomic mass is 16.5. The van der Waals surface area contributed by atoms with E-state index in [1.165, 1.54) is 0 Å². The van der Waals surface area contributed by atoms with Crippen LogP contribution in [-0.2, 0) is 6.42 Å². The van der Waals surface area contributed by atoms with E-state index < -0.39 is 0 Å². The zero-order valence-electron chi connectivity index (χ0n) is 11.4. The molecule has 1 heterocycles. The van der Waals surface area contributed by atoms with Gasteiger partial charge in [-0.15, -0.1) is 0 Å². The van der Waals surface area contributed by atoms with Crippen molar-refractivity contribution in [3.05, 3.63) is 58.9 Å². The van der Waals surface area contributed by atoms with E-state index in [2.05, 4.69) is 4.98 Å². The number of methoxy groups -OCH3 is 1. The summed E-state index contributed by atoms with van der Waals surface area (Å²) in [6.45, 7) is 3.93. The van der Waals surface area contributed by atoms with Gasteiger partial charge in [0.05, 0.1) is 7.11 Å². The van der Waals surface area contributed by atoms with E-state index >= 15 is 0 Å². The number of ketones is 1. The zero-order chi connectivity index (χ0) is 13.8. The second-order valence-electron chi connectivity index (χ2n) is 4.37. The predicted octanol–water partition coefficient (Wildman–Crippen LogP) is 3.19. The second kappa shape index (κ2) is 5.65. The molecule has 98 valence electrons. The maximum Gasteiger partial charge on any atom is 0.211 e. The minimum Gasteiger partial charge on any atom is -0.497 e. The highest BCUT2D eigenvalue weighted by Gasteiger charge is 2.16. The van der Waals surface area contributed by atoms with Crippen LogP contribution in [0.3, 0.4) is 0 Å². The first-order valence-corrected chi connectivity index (χ1v) is 6.30. The molecule has 0 aliphatic heterocycles. The van der Waals surface area contributed by atoms with Crippen molar-refractivity contribution in [2.45, 2.75) is 20.3 Å². The molecule has 0 saturated carbocycles. The lowest BCUT2D eigenvalue weighted by Crippen LogP contribution is -2.09. The van der Waals surface area contributed by atoms with Crippen molar-refractivity contribution in [3.63, 3.8) is 0 Å². The van der Waals surface area contributed by atoms with E-state index in [4.69, 9.17) is 4.74 Å². The Morgan fingerprint density at radius 3 is 2.74 bits per heavy atom. The predicted molar refractivity (Wildman–Crippen MR) is 74.8 cm³/mol. The molecule has 0 radical (unpaired) electrons. The zero-order valence-corrected chi connectivity index (χ0v) is 11.4.